The van der Waals surface area contributed by atoms with Crippen LogP contribution in [0.3, 0.4) is 0 Å². The second-order valence-corrected chi connectivity index (χ2v) is 3.31. The van der Waals surface area contributed by atoms with Gasteiger partial charge in [-0.25, -0.2) is 0 Å². The van der Waals surface area contributed by atoms with E-state index in [2.05, 4.69) is 23.9 Å². The first kappa shape index (κ1) is 11.9. The molecule has 1 heterocycles. The number of nitrogens with zero attached hydrogens (tertiary/aromatic N) is 2. The molecule has 1 saturated heterocycles. The maximum Gasteiger partial charge on any atom is -0.000959 e. The van der Waals surface area contributed by atoms with Crippen LogP contribution in [-0.4, -0.2) is 50.1 Å². The predicted molar refractivity (Wildman–Crippen MR) is 55.6 cm³/mol. The summed E-state index contributed by atoms with van der Waals surface area (Å²) in [5.74, 6) is 0. The molecule has 0 aromatic carbocycles. The fourth-order valence-corrected chi connectivity index (χ4v) is 1.44. The Hall–Kier alpha value is -0.0800. The van der Waals surface area contributed by atoms with Crippen molar-refractivity contribution >= 4 is 0 Å². The van der Waals surface area contributed by atoms with Crippen LogP contribution in [0.1, 0.15) is 26.7 Å². The fourth-order valence-electron chi connectivity index (χ4n) is 1.44. The highest BCUT2D eigenvalue weighted by Gasteiger charge is 2.05. The highest BCUT2D eigenvalue weighted by Crippen LogP contribution is 1.98. The third-order valence-electron chi connectivity index (χ3n) is 2.16. The molecule has 0 aromatic rings. The molecule has 2 nitrogen and oxygen atoms in total. The van der Waals surface area contributed by atoms with E-state index < -0.39 is 0 Å². The normalized spacial score (nSPS) is 22.0. The van der Waals surface area contributed by atoms with E-state index in [4.69, 9.17) is 0 Å². The standard InChI is InChI=1S/C8H18N2.C2H6/c1-9-5-3-7-10(2)8-4-6-9;1-2/h3-8H2,1-2H3;1-2H3. The van der Waals surface area contributed by atoms with Gasteiger partial charge in [-0.1, -0.05) is 13.8 Å². The lowest BCUT2D eigenvalue weighted by Crippen LogP contribution is -2.32. The number of rotatable bonds is 0. The Balaban J connectivity index is 0.000000561. The second kappa shape index (κ2) is 7.56. The first-order valence-corrected chi connectivity index (χ1v) is 5.16. The Labute approximate surface area is 77.5 Å². The molecule has 0 radical (unpaired) electrons. The largest absolute Gasteiger partial charge is 0.306 e. The van der Waals surface area contributed by atoms with Gasteiger partial charge in [0.05, 0.1) is 0 Å². The lowest BCUT2D eigenvalue weighted by atomic mass is 10.3. The van der Waals surface area contributed by atoms with Crippen LogP contribution in [0.4, 0.5) is 0 Å². The third-order valence-corrected chi connectivity index (χ3v) is 2.16. The van der Waals surface area contributed by atoms with E-state index in [1.165, 1.54) is 39.0 Å². The maximum absolute atomic E-state index is 2.42. The Morgan fingerprint density at radius 1 is 0.667 bits per heavy atom. The summed E-state index contributed by atoms with van der Waals surface area (Å²) in [4.78, 5) is 4.85. The van der Waals surface area contributed by atoms with Crippen LogP contribution in [0.25, 0.3) is 0 Å². The summed E-state index contributed by atoms with van der Waals surface area (Å²) in [7, 11) is 4.43. The van der Waals surface area contributed by atoms with Gasteiger partial charge >= 0.3 is 0 Å². The summed E-state index contributed by atoms with van der Waals surface area (Å²) in [5.41, 5.74) is 0. The lowest BCUT2D eigenvalue weighted by Gasteiger charge is -2.24. The number of hydrogen-bond acceptors (Lipinski definition) is 2. The van der Waals surface area contributed by atoms with E-state index in [1.807, 2.05) is 13.8 Å². The summed E-state index contributed by atoms with van der Waals surface area (Å²) < 4.78 is 0. The first-order valence-electron chi connectivity index (χ1n) is 5.16. The van der Waals surface area contributed by atoms with Gasteiger partial charge in [-0.05, 0) is 53.1 Å². The highest BCUT2D eigenvalue weighted by atomic mass is 15.1. The van der Waals surface area contributed by atoms with Crippen LogP contribution in [0.5, 0.6) is 0 Å². The third kappa shape index (κ3) is 5.56. The summed E-state index contributed by atoms with van der Waals surface area (Å²) in [6.45, 7) is 9.07. The molecule has 0 bridgehead atoms. The summed E-state index contributed by atoms with van der Waals surface area (Å²) in [6, 6.07) is 0. The van der Waals surface area contributed by atoms with E-state index in [0.717, 1.165) is 0 Å². The molecule has 0 N–H and O–H groups in total. The molecule has 12 heavy (non-hydrogen) atoms. The van der Waals surface area contributed by atoms with Gasteiger partial charge in [0.1, 0.15) is 0 Å². The van der Waals surface area contributed by atoms with Crippen molar-refractivity contribution < 1.29 is 0 Å². The molecule has 0 amide bonds. The van der Waals surface area contributed by atoms with Crippen LogP contribution in [0.2, 0.25) is 0 Å². The van der Waals surface area contributed by atoms with Crippen LogP contribution < -0.4 is 0 Å². The molecule has 2 heteroatoms. The minimum absolute atomic E-state index is 1.27. The molecule has 1 aliphatic heterocycles. The zero-order valence-electron chi connectivity index (χ0n) is 9.14. The summed E-state index contributed by atoms with van der Waals surface area (Å²) >= 11 is 0. The molecule has 0 atom stereocenters. The van der Waals surface area contributed by atoms with Gasteiger partial charge in [-0.2, -0.15) is 0 Å². The molecule has 0 spiro atoms. The van der Waals surface area contributed by atoms with Crippen LogP contribution in [0, 0.1) is 0 Å². The SMILES string of the molecule is CC.CN1CCCN(C)CCC1. The van der Waals surface area contributed by atoms with E-state index >= 15 is 0 Å². The van der Waals surface area contributed by atoms with E-state index in [9.17, 15) is 0 Å². The molecule has 1 fully saturated rings. The average Bonchev–Trinajstić information content (AvgIpc) is 2.05. The molecule has 1 aliphatic rings. The molecule has 0 aromatic heterocycles. The predicted octanol–water partition coefficient (Wildman–Crippen LogP) is 1.67. The smallest absolute Gasteiger partial charge is 0.000959 e. The van der Waals surface area contributed by atoms with Crippen molar-refractivity contribution in [1.82, 2.24) is 9.80 Å². The minimum Gasteiger partial charge on any atom is -0.306 e. The Bertz CT molecular complexity index is 73.8. The quantitative estimate of drug-likeness (QED) is 0.548. The Morgan fingerprint density at radius 3 is 1.17 bits per heavy atom. The van der Waals surface area contributed by atoms with Crippen molar-refractivity contribution in [2.24, 2.45) is 0 Å². The van der Waals surface area contributed by atoms with Gasteiger partial charge in [-0.3, -0.25) is 0 Å². The number of hydrogen-bond donors (Lipinski definition) is 0. The van der Waals surface area contributed by atoms with Gasteiger partial charge in [0.15, 0.2) is 0 Å². The van der Waals surface area contributed by atoms with Crippen molar-refractivity contribution in [2.45, 2.75) is 26.7 Å². The van der Waals surface area contributed by atoms with E-state index in [1.54, 1.807) is 0 Å². The molecule has 0 aliphatic carbocycles. The molecule has 74 valence electrons. The van der Waals surface area contributed by atoms with Gasteiger partial charge in [-0.15, -0.1) is 0 Å². The highest BCUT2D eigenvalue weighted by molar-refractivity contribution is 4.61. The zero-order valence-corrected chi connectivity index (χ0v) is 9.14. The van der Waals surface area contributed by atoms with Crippen molar-refractivity contribution in [3.8, 4) is 0 Å². The monoisotopic (exact) mass is 172 g/mol. The van der Waals surface area contributed by atoms with Crippen LogP contribution >= 0.6 is 0 Å². The molecular formula is C10H24N2. The van der Waals surface area contributed by atoms with Crippen molar-refractivity contribution in [2.75, 3.05) is 40.3 Å². The topological polar surface area (TPSA) is 6.48 Å². The molecule has 1 rings (SSSR count). The maximum atomic E-state index is 2.42. The second-order valence-electron chi connectivity index (χ2n) is 3.31. The molecular weight excluding hydrogens is 148 g/mol. The van der Waals surface area contributed by atoms with E-state index in [0.29, 0.717) is 0 Å². The summed E-state index contributed by atoms with van der Waals surface area (Å²) in [5, 5.41) is 0. The minimum atomic E-state index is 1.27. The fraction of sp³-hybridized carbons (Fsp3) is 1.00. The van der Waals surface area contributed by atoms with Gasteiger partial charge in [0.25, 0.3) is 0 Å². The van der Waals surface area contributed by atoms with Gasteiger partial charge in [0, 0.05) is 0 Å². The zero-order chi connectivity index (χ0) is 9.40. The first-order chi connectivity index (χ1) is 5.79. The van der Waals surface area contributed by atoms with Crippen molar-refractivity contribution in [1.29, 1.82) is 0 Å². The van der Waals surface area contributed by atoms with Crippen LogP contribution in [-0.2, 0) is 0 Å². The van der Waals surface area contributed by atoms with Gasteiger partial charge < -0.3 is 9.80 Å². The average molecular weight is 172 g/mol. The van der Waals surface area contributed by atoms with E-state index in [-0.39, 0.29) is 0 Å². The van der Waals surface area contributed by atoms with Gasteiger partial charge in [0.2, 0.25) is 0 Å². The van der Waals surface area contributed by atoms with Crippen LogP contribution in [0.15, 0.2) is 0 Å². The van der Waals surface area contributed by atoms with Crippen molar-refractivity contribution in [3.05, 3.63) is 0 Å². The lowest BCUT2D eigenvalue weighted by molar-refractivity contribution is 0.229. The molecule has 0 saturated carbocycles. The molecule has 0 unspecified atom stereocenters. The Morgan fingerprint density at radius 2 is 0.917 bits per heavy atom. The van der Waals surface area contributed by atoms with Crippen molar-refractivity contribution in [3.63, 3.8) is 0 Å². The summed E-state index contributed by atoms with van der Waals surface area (Å²) in [6.07, 6.45) is 2.65. The Kier molecular flexibility index (Phi) is 7.51.